The quantitative estimate of drug-likeness (QED) is 0.866. The molecule has 1 saturated heterocycles. The van der Waals surface area contributed by atoms with Crippen LogP contribution in [0.1, 0.15) is 46.6 Å². The number of halogens is 1. The Morgan fingerprint density at radius 1 is 1.33 bits per heavy atom. The lowest BCUT2D eigenvalue weighted by atomic mass is 9.80. The Hall–Kier alpha value is -0.730. The van der Waals surface area contributed by atoms with Crippen molar-refractivity contribution >= 4 is 17.3 Å². The number of nitrogens with zero attached hydrogens (tertiary/aromatic N) is 1. The molecular weight excluding hydrogens is 280 g/mol. The van der Waals surface area contributed by atoms with Gasteiger partial charge >= 0.3 is 0 Å². The predicted octanol–water partition coefficient (Wildman–Crippen LogP) is 4.71. The van der Waals surface area contributed by atoms with Crippen LogP contribution >= 0.6 is 11.6 Å². The van der Waals surface area contributed by atoms with Crippen molar-refractivity contribution in [2.45, 2.75) is 53.6 Å². The zero-order valence-electron chi connectivity index (χ0n) is 14.0. The van der Waals surface area contributed by atoms with E-state index in [9.17, 15) is 0 Å². The summed E-state index contributed by atoms with van der Waals surface area (Å²) in [7, 11) is 0. The Labute approximate surface area is 134 Å². The van der Waals surface area contributed by atoms with Crippen LogP contribution in [0, 0.1) is 11.3 Å². The first-order valence-corrected chi connectivity index (χ1v) is 8.42. The lowest BCUT2D eigenvalue weighted by Crippen LogP contribution is -2.28. The standard InChI is InChI=1S/C18H29ClN2/c1-13(2)20-11-15-16(19)7-6-8-17(15)21-10-9-14(12-21)18(3,4)5/h6-8,13-14,20H,9-12H2,1-5H3. The summed E-state index contributed by atoms with van der Waals surface area (Å²) in [6.45, 7) is 14.5. The minimum Gasteiger partial charge on any atom is -0.371 e. The highest BCUT2D eigenvalue weighted by Gasteiger charge is 2.32. The summed E-state index contributed by atoms with van der Waals surface area (Å²) in [4.78, 5) is 2.51. The predicted molar refractivity (Wildman–Crippen MR) is 93.2 cm³/mol. The number of rotatable bonds is 4. The van der Waals surface area contributed by atoms with Crippen LogP contribution in [0.3, 0.4) is 0 Å². The molecule has 1 aromatic carbocycles. The van der Waals surface area contributed by atoms with Crippen LogP contribution in [0.4, 0.5) is 5.69 Å². The molecule has 1 aliphatic heterocycles. The maximum atomic E-state index is 6.45. The van der Waals surface area contributed by atoms with Crippen molar-refractivity contribution in [1.82, 2.24) is 5.32 Å². The molecule has 0 saturated carbocycles. The summed E-state index contributed by atoms with van der Waals surface area (Å²) in [5.41, 5.74) is 2.92. The summed E-state index contributed by atoms with van der Waals surface area (Å²) in [6.07, 6.45) is 1.27. The fourth-order valence-corrected chi connectivity index (χ4v) is 3.25. The maximum Gasteiger partial charge on any atom is 0.0471 e. The van der Waals surface area contributed by atoms with Gasteiger partial charge in [-0.2, -0.15) is 0 Å². The molecule has 0 aromatic heterocycles. The van der Waals surface area contributed by atoms with Gasteiger partial charge < -0.3 is 10.2 Å². The van der Waals surface area contributed by atoms with E-state index >= 15 is 0 Å². The maximum absolute atomic E-state index is 6.45. The van der Waals surface area contributed by atoms with Crippen LogP contribution in [-0.4, -0.2) is 19.1 Å². The van der Waals surface area contributed by atoms with Crippen molar-refractivity contribution in [3.05, 3.63) is 28.8 Å². The Morgan fingerprint density at radius 2 is 2.05 bits per heavy atom. The third kappa shape index (κ3) is 4.14. The van der Waals surface area contributed by atoms with Crippen molar-refractivity contribution in [3.63, 3.8) is 0 Å². The van der Waals surface area contributed by atoms with E-state index in [0.29, 0.717) is 11.5 Å². The van der Waals surface area contributed by atoms with E-state index in [2.05, 4.69) is 57.0 Å². The SMILES string of the molecule is CC(C)NCc1c(Cl)cccc1N1CCC(C(C)(C)C)C1. The van der Waals surface area contributed by atoms with Gasteiger partial charge in [-0.15, -0.1) is 0 Å². The molecule has 0 radical (unpaired) electrons. The van der Waals surface area contributed by atoms with E-state index in [4.69, 9.17) is 11.6 Å². The van der Waals surface area contributed by atoms with Crippen molar-refractivity contribution in [2.75, 3.05) is 18.0 Å². The molecular formula is C18H29ClN2. The highest BCUT2D eigenvalue weighted by atomic mass is 35.5. The Bertz CT molecular complexity index is 477. The van der Waals surface area contributed by atoms with Gasteiger partial charge in [-0.05, 0) is 29.9 Å². The summed E-state index contributed by atoms with van der Waals surface area (Å²) in [6, 6.07) is 6.75. The number of hydrogen-bond donors (Lipinski definition) is 1. The molecule has 0 amide bonds. The topological polar surface area (TPSA) is 15.3 Å². The summed E-state index contributed by atoms with van der Waals surface area (Å²) >= 11 is 6.45. The monoisotopic (exact) mass is 308 g/mol. The van der Waals surface area contributed by atoms with Gasteiger partial charge in [-0.1, -0.05) is 52.3 Å². The van der Waals surface area contributed by atoms with Gasteiger partial charge in [0.2, 0.25) is 0 Å². The first kappa shape index (κ1) is 16.6. The Kier molecular flexibility index (Phi) is 5.21. The summed E-state index contributed by atoms with van der Waals surface area (Å²) < 4.78 is 0. The molecule has 1 atom stereocenters. The van der Waals surface area contributed by atoms with Crippen LogP contribution in [-0.2, 0) is 6.54 Å². The zero-order valence-corrected chi connectivity index (χ0v) is 14.8. The van der Waals surface area contributed by atoms with Gasteiger partial charge in [0, 0.05) is 41.9 Å². The second kappa shape index (κ2) is 6.58. The highest BCUT2D eigenvalue weighted by molar-refractivity contribution is 6.31. The fourth-order valence-electron chi connectivity index (χ4n) is 3.01. The molecule has 1 aromatic rings. The minimum atomic E-state index is 0.379. The molecule has 0 bridgehead atoms. The van der Waals surface area contributed by atoms with Gasteiger partial charge in [-0.3, -0.25) is 0 Å². The number of benzene rings is 1. The molecule has 1 N–H and O–H groups in total. The van der Waals surface area contributed by atoms with Gasteiger partial charge in [0.1, 0.15) is 0 Å². The van der Waals surface area contributed by atoms with Crippen LogP contribution in [0.15, 0.2) is 18.2 Å². The molecule has 1 unspecified atom stereocenters. The number of anilines is 1. The molecule has 0 spiro atoms. The van der Waals surface area contributed by atoms with E-state index < -0.39 is 0 Å². The van der Waals surface area contributed by atoms with E-state index in [1.807, 2.05) is 6.07 Å². The van der Waals surface area contributed by atoms with Crippen LogP contribution in [0.5, 0.6) is 0 Å². The summed E-state index contributed by atoms with van der Waals surface area (Å²) in [5.74, 6) is 0.752. The first-order chi connectivity index (χ1) is 9.79. The lowest BCUT2D eigenvalue weighted by molar-refractivity contribution is 0.263. The number of hydrogen-bond acceptors (Lipinski definition) is 2. The molecule has 2 rings (SSSR count). The molecule has 1 heterocycles. The van der Waals surface area contributed by atoms with Crippen molar-refractivity contribution in [3.8, 4) is 0 Å². The summed E-state index contributed by atoms with van der Waals surface area (Å²) in [5, 5.41) is 4.37. The third-order valence-electron chi connectivity index (χ3n) is 4.53. The van der Waals surface area contributed by atoms with Crippen molar-refractivity contribution in [2.24, 2.45) is 11.3 Å². The third-order valence-corrected chi connectivity index (χ3v) is 4.89. The van der Waals surface area contributed by atoms with Crippen molar-refractivity contribution < 1.29 is 0 Å². The molecule has 3 heteroatoms. The minimum absolute atomic E-state index is 0.379. The van der Waals surface area contributed by atoms with E-state index in [1.54, 1.807) is 0 Å². The second-order valence-electron chi connectivity index (χ2n) is 7.57. The Morgan fingerprint density at radius 3 is 2.62 bits per heavy atom. The largest absolute Gasteiger partial charge is 0.371 e. The van der Waals surface area contributed by atoms with E-state index in [1.165, 1.54) is 17.7 Å². The Balaban J connectivity index is 2.18. The van der Waals surface area contributed by atoms with Gasteiger partial charge in [0.25, 0.3) is 0 Å². The normalized spacial score (nSPS) is 19.6. The first-order valence-electron chi connectivity index (χ1n) is 8.04. The number of nitrogens with one attached hydrogen (secondary N) is 1. The van der Waals surface area contributed by atoms with Gasteiger partial charge in [0.05, 0.1) is 0 Å². The highest BCUT2D eigenvalue weighted by Crippen LogP contribution is 2.37. The smallest absolute Gasteiger partial charge is 0.0471 e. The molecule has 1 aliphatic rings. The second-order valence-corrected chi connectivity index (χ2v) is 7.98. The average molecular weight is 309 g/mol. The van der Waals surface area contributed by atoms with Crippen molar-refractivity contribution in [1.29, 1.82) is 0 Å². The van der Waals surface area contributed by atoms with Gasteiger partial charge in [0.15, 0.2) is 0 Å². The van der Waals surface area contributed by atoms with Crippen LogP contribution in [0.25, 0.3) is 0 Å². The molecule has 1 fully saturated rings. The van der Waals surface area contributed by atoms with Gasteiger partial charge in [-0.25, -0.2) is 0 Å². The van der Waals surface area contributed by atoms with E-state index in [0.717, 1.165) is 30.6 Å². The molecule has 21 heavy (non-hydrogen) atoms. The molecule has 118 valence electrons. The lowest BCUT2D eigenvalue weighted by Gasteiger charge is -2.28. The fraction of sp³-hybridized carbons (Fsp3) is 0.667. The molecule has 0 aliphatic carbocycles. The average Bonchev–Trinajstić information content (AvgIpc) is 2.86. The van der Waals surface area contributed by atoms with Crippen LogP contribution < -0.4 is 10.2 Å². The zero-order chi connectivity index (χ0) is 15.6. The van der Waals surface area contributed by atoms with E-state index in [-0.39, 0.29) is 0 Å². The van der Waals surface area contributed by atoms with Crippen LogP contribution in [0.2, 0.25) is 5.02 Å². The molecule has 2 nitrogen and oxygen atoms in total.